The van der Waals surface area contributed by atoms with E-state index in [4.69, 9.17) is 14.2 Å². The Hall–Kier alpha value is -3.43. The number of benzene rings is 2. The van der Waals surface area contributed by atoms with Gasteiger partial charge in [0.15, 0.2) is 11.5 Å². The predicted molar refractivity (Wildman–Crippen MR) is 94.8 cm³/mol. The van der Waals surface area contributed by atoms with E-state index in [0.29, 0.717) is 0 Å². The van der Waals surface area contributed by atoms with Gasteiger partial charge in [0.2, 0.25) is 5.75 Å². The second-order valence-electron chi connectivity index (χ2n) is 5.37. The number of halogens is 3. The first-order valence-corrected chi connectivity index (χ1v) is 7.79. The topological polar surface area (TPSA) is 85.9 Å². The van der Waals surface area contributed by atoms with E-state index in [0.717, 1.165) is 12.1 Å². The summed E-state index contributed by atoms with van der Waals surface area (Å²) < 4.78 is 54.4. The molecule has 0 aromatic heterocycles. The van der Waals surface area contributed by atoms with Gasteiger partial charge in [-0.15, -0.1) is 0 Å². The number of alkyl halides is 3. The largest absolute Gasteiger partial charge is 0.493 e. The van der Waals surface area contributed by atoms with E-state index in [9.17, 15) is 22.8 Å². The van der Waals surface area contributed by atoms with Crippen molar-refractivity contribution >= 4 is 23.2 Å². The van der Waals surface area contributed by atoms with Gasteiger partial charge in [0.25, 0.3) is 0 Å². The zero-order valence-electron chi connectivity index (χ0n) is 15.1. The van der Waals surface area contributed by atoms with Gasteiger partial charge < -0.3 is 24.8 Å². The van der Waals surface area contributed by atoms with Crippen LogP contribution in [-0.2, 0) is 15.8 Å². The standard InChI is InChI=1S/C18H17F3N2O5/c1-26-13-8-10(9-14(27-2)15(13)28-3)22-16(24)17(25)23-12-7-5-4-6-11(12)18(19,20)21/h4-9H,1-3H3,(H,22,24)(H,23,25). The Morgan fingerprint density at radius 2 is 1.39 bits per heavy atom. The van der Waals surface area contributed by atoms with Crippen molar-refractivity contribution in [3.63, 3.8) is 0 Å². The fraction of sp³-hybridized carbons (Fsp3) is 0.222. The molecule has 0 aliphatic heterocycles. The van der Waals surface area contributed by atoms with Crippen LogP contribution in [0.5, 0.6) is 17.2 Å². The first-order valence-electron chi connectivity index (χ1n) is 7.79. The molecule has 150 valence electrons. The smallest absolute Gasteiger partial charge is 0.418 e. The van der Waals surface area contributed by atoms with Gasteiger partial charge in [-0.3, -0.25) is 9.59 Å². The van der Waals surface area contributed by atoms with Gasteiger partial charge in [-0.05, 0) is 12.1 Å². The number of ether oxygens (including phenoxy) is 3. The summed E-state index contributed by atoms with van der Waals surface area (Å²) in [5, 5.41) is 4.23. The van der Waals surface area contributed by atoms with E-state index in [1.165, 1.54) is 45.6 Å². The molecule has 0 bridgehead atoms. The number of anilines is 2. The molecule has 0 aliphatic carbocycles. The van der Waals surface area contributed by atoms with Crippen LogP contribution in [0.15, 0.2) is 36.4 Å². The van der Waals surface area contributed by atoms with Crippen molar-refractivity contribution in [2.24, 2.45) is 0 Å². The van der Waals surface area contributed by atoms with Crippen LogP contribution in [0.1, 0.15) is 5.56 Å². The lowest BCUT2D eigenvalue weighted by Gasteiger charge is -2.15. The maximum atomic E-state index is 13.0. The highest BCUT2D eigenvalue weighted by Crippen LogP contribution is 2.40. The Balaban J connectivity index is 2.21. The van der Waals surface area contributed by atoms with E-state index < -0.39 is 29.2 Å². The monoisotopic (exact) mass is 398 g/mol. The molecule has 10 heteroatoms. The quantitative estimate of drug-likeness (QED) is 0.755. The fourth-order valence-electron chi connectivity index (χ4n) is 2.36. The molecule has 0 saturated carbocycles. The van der Waals surface area contributed by atoms with Crippen molar-refractivity contribution in [3.8, 4) is 17.2 Å². The number of rotatable bonds is 5. The van der Waals surface area contributed by atoms with Crippen LogP contribution < -0.4 is 24.8 Å². The minimum absolute atomic E-state index is 0.124. The normalized spacial score (nSPS) is 10.8. The lowest BCUT2D eigenvalue weighted by Crippen LogP contribution is -2.30. The van der Waals surface area contributed by atoms with E-state index >= 15 is 0 Å². The molecular formula is C18H17F3N2O5. The summed E-state index contributed by atoms with van der Waals surface area (Å²) in [6.07, 6.45) is -4.68. The first kappa shape index (κ1) is 20.9. The van der Waals surface area contributed by atoms with Crippen LogP contribution in [0.4, 0.5) is 24.5 Å². The fourth-order valence-corrected chi connectivity index (χ4v) is 2.36. The zero-order valence-corrected chi connectivity index (χ0v) is 15.1. The molecule has 0 saturated heterocycles. The van der Waals surface area contributed by atoms with Gasteiger partial charge in [0, 0.05) is 17.8 Å². The molecule has 0 atom stereocenters. The Morgan fingerprint density at radius 1 is 0.857 bits per heavy atom. The van der Waals surface area contributed by atoms with Crippen molar-refractivity contribution in [2.45, 2.75) is 6.18 Å². The van der Waals surface area contributed by atoms with Crippen molar-refractivity contribution in [3.05, 3.63) is 42.0 Å². The van der Waals surface area contributed by atoms with E-state index in [-0.39, 0.29) is 22.9 Å². The maximum Gasteiger partial charge on any atom is 0.418 e. The number of amides is 2. The zero-order chi connectivity index (χ0) is 20.9. The van der Waals surface area contributed by atoms with Crippen molar-refractivity contribution in [1.82, 2.24) is 0 Å². The third-order valence-electron chi connectivity index (χ3n) is 3.61. The van der Waals surface area contributed by atoms with Gasteiger partial charge in [-0.2, -0.15) is 13.2 Å². The van der Waals surface area contributed by atoms with Crippen LogP contribution in [0.3, 0.4) is 0 Å². The number of carbonyl (C=O) groups is 2. The number of hydrogen-bond acceptors (Lipinski definition) is 5. The Bertz CT molecular complexity index is 859. The lowest BCUT2D eigenvalue weighted by atomic mass is 10.1. The number of methoxy groups -OCH3 is 3. The maximum absolute atomic E-state index is 13.0. The van der Waals surface area contributed by atoms with Crippen LogP contribution in [0, 0.1) is 0 Å². The van der Waals surface area contributed by atoms with E-state index in [1.807, 2.05) is 5.32 Å². The van der Waals surface area contributed by atoms with E-state index in [2.05, 4.69) is 5.32 Å². The van der Waals surface area contributed by atoms with Crippen molar-refractivity contribution in [2.75, 3.05) is 32.0 Å². The summed E-state index contributed by atoms with van der Waals surface area (Å²) >= 11 is 0. The number of para-hydroxylation sites is 1. The average molecular weight is 398 g/mol. The number of hydrogen-bond donors (Lipinski definition) is 2. The van der Waals surface area contributed by atoms with Crippen LogP contribution in [-0.4, -0.2) is 33.1 Å². The summed E-state index contributed by atoms with van der Waals surface area (Å²) in [6, 6.07) is 7.07. The first-order chi connectivity index (χ1) is 13.2. The Kier molecular flexibility index (Phi) is 6.34. The summed E-state index contributed by atoms with van der Waals surface area (Å²) in [5.41, 5.74) is -1.47. The SMILES string of the molecule is COc1cc(NC(=O)C(=O)Nc2ccccc2C(F)(F)F)cc(OC)c1OC. The van der Waals surface area contributed by atoms with Gasteiger partial charge in [-0.25, -0.2) is 0 Å². The van der Waals surface area contributed by atoms with Crippen LogP contribution in [0.2, 0.25) is 0 Å². The average Bonchev–Trinajstić information content (AvgIpc) is 2.66. The third-order valence-corrected chi connectivity index (χ3v) is 3.61. The second kappa shape index (κ2) is 8.51. The summed E-state index contributed by atoms with van der Waals surface area (Å²) in [5.74, 6) is -1.73. The molecule has 2 aromatic rings. The van der Waals surface area contributed by atoms with Gasteiger partial charge >= 0.3 is 18.0 Å². The molecule has 2 N–H and O–H groups in total. The molecule has 0 unspecified atom stereocenters. The summed E-state index contributed by atoms with van der Waals surface area (Å²) in [6.45, 7) is 0. The third kappa shape index (κ3) is 4.64. The summed E-state index contributed by atoms with van der Waals surface area (Å²) in [4.78, 5) is 24.2. The predicted octanol–water partition coefficient (Wildman–Crippen LogP) is 3.31. The molecule has 0 radical (unpaired) electrons. The van der Waals surface area contributed by atoms with E-state index in [1.54, 1.807) is 0 Å². The summed E-state index contributed by atoms with van der Waals surface area (Å²) in [7, 11) is 4.12. The minimum atomic E-state index is -4.68. The van der Waals surface area contributed by atoms with Crippen LogP contribution >= 0.6 is 0 Å². The van der Waals surface area contributed by atoms with Crippen LogP contribution in [0.25, 0.3) is 0 Å². The highest BCUT2D eigenvalue weighted by molar-refractivity contribution is 6.43. The highest BCUT2D eigenvalue weighted by atomic mass is 19.4. The van der Waals surface area contributed by atoms with Gasteiger partial charge in [-0.1, -0.05) is 12.1 Å². The number of nitrogens with one attached hydrogen (secondary N) is 2. The van der Waals surface area contributed by atoms with Gasteiger partial charge in [0.05, 0.1) is 32.6 Å². The van der Waals surface area contributed by atoms with Gasteiger partial charge in [0.1, 0.15) is 0 Å². The molecule has 7 nitrogen and oxygen atoms in total. The number of carbonyl (C=O) groups excluding carboxylic acids is 2. The molecule has 2 aromatic carbocycles. The molecule has 0 fully saturated rings. The molecule has 0 heterocycles. The second-order valence-corrected chi connectivity index (χ2v) is 5.37. The van der Waals surface area contributed by atoms with Crippen molar-refractivity contribution < 1.29 is 37.0 Å². The molecule has 2 amide bonds. The Labute approximate surface area is 158 Å². The highest BCUT2D eigenvalue weighted by Gasteiger charge is 2.34. The lowest BCUT2D eigenvalue weighted by molar-refractivity contribution is -0.137. The van der Waals surface area contributed by atoms with Crippen molar-refractivity contribution in [1.29, 1.82) is 0 Å². The molecule has 0 aliphatic rings. The molecular weight excluding hydrogens is 381 g/mol. The Morgan fingerprint density at radius 3 is 1.89 bits per heavy atom. The molecule has 28 heavy (non-hydrogen) atoms. The minimum Gasteiger partial charge on any atom is -0.493 e. The molecule has 2 rings (SSSR count). The molecule has 0 spiro atoms.